The average molecular weight is 255 g/mol. The van der Waals surface area contributed by atoms with E-state index in [-0.39, 0.29) is 0 Å². The lowest BCUT2D eigenvalue weighted by Crippen LogP contribution is -2.32. The van der Waals surface area contributed by atoms with E-state index >= 15 is 0 Å². The van der Waals surface area contributed by atoms with Crippen molar-refractivity contribution in [2.24, 2.45) is 0 Å². The van der Waals surface area contributed by atoms with Crippen molar-refractivity contribution in [1.82, 2.24) is 14.6 Å². The van der Waals surface area contributed by atoms with E-state index in [0.717, 1.165) is 0 Å². The molecule has 1 unspecified atom stereocenters. The summed E-state index contributed by atoms with van der Waals surface area (Å²) in [5.74, 6) is 0.487. The highest BCUT2D eigenvalue weighted by atomic mass is 35.5. The van der Waals surface area contributed by atoms with Gasteiger partial charge in [-0.25, -0.2) is 4.52 Å². The zero-order valence-corrected chi connectivity index (χ0v) is 10.6. The van der Waals surface area contributed by atoms with Gasteiger partial charge in [0.2, 0.25) is 5.95 Å². The molecule has 1 atom stereocenters. The number of aromatic nitrogens is 3. The van der Waals surface area contributed by atoms with Crippen LogP contribution in [0, 0.1) is 0 Å². The summed E-state index contributed by atoms with van der Waals surface area (Å²) in [6.07, 6.45) is 2.35. The van der Waals surface area contributed by atoms with Crippen LogP contribution in [0.2, 0.25) is 5.02 Å². The number of aliphatic hydroxyl groups is 1. The second-order valence-electron chi connectivity index (χ2n) is 4.29. The Morgan fingerprint density at radius 2 is 2.29 bits per heavy atom. The fourth-order valence-electron chi connectivity index (χ4n) is 1.33. The van der Waals surface area contributed by atoms with E-state index in [0.29, 0.717) is 29.6 Å². The second kappa shape index (κ2) is 4.50. The Morgan fingerprint density at radius 3 is 3.00 bits per heavy atom. The predicted octanol–water partition coefficient (Wildman–Crippen LogP) is 1.96. The lowest BCUT2D eigenvalue weighted by atomic mass is 10.0. The molecule has 0 saturated heterocycles. The van der Waals surface area contributed by atoms with Crippen LogP contribution in [0.5, 0.6) is 0 Å². The summed E-state index contributed by atoms with van der Waals surface area (Å²) < 4.78 is 1.60. The minimum atomic E-state index is -0.755. The van der Waals surface area contributed by atoms with E-state index in [1.54, 1.807) is 29.8 Å². The number of hydrogen-bond acceptors (Lipinski definition) is 4. The molecule has 2 rings (SSSR count). The molecule has 0 aliphatic carbocycles. The number of nitrogens with one attached hydrogen (secondary N) is 1. The summed E-state index contributed by atoms with van der Waals surface area (Å²) in [6, 6.07) is 3.55. The summed E-state index contributed by atoms with van der Waals surface area (Å²) in [5, 5.41) is 17.7. The number of rotatable bonds is 4. The predicted molar refractivity (Wildman–Crippen MR) is 67.4 cm³/mol. The monoisotopic (exact) mass is 254 g/mol. The van der Waals surface area contributed by atoms with Gasteiger partial charge in [-0.15, -0.1) is 5.10 Å². The van der Waals surface area contributed by atoms with Gasteiger partial charge in [-0.1, -0.05) is 18.5 Å². The van der Waals surface area contributed by atoms with Crippen LogP contribution in [0.4, 0.5) is 5.95 Å². The Hall–Kier alpha value is -1.33. The van der Waals surface area contributed by atoms with E-state index in [2.05, 4.69) is 15.4 Å². The van der Waals surface area contributed by atoms with Crippen LogP contribution in [-0.2, 0) is 0 Å². The van der Waals surface area contributed by atoms with Gasteiger partial charge in [-0.2, -0.15) is 4.98 Å². The molecule has 0 aliphatic rings. The number of fused-ring (bicyclic) bond motifs is 1. The van der Waals surface area contributed by atoms with Crippen molar-refractivity contribution < 1.29 is 5.11 Å². The van der Waals surface area contributed by atoms with E-state index < -0.39 is 5.60 Å². The zero-order chi connectivity index (χ0) is 12.5. The summed E-state index contributed by atoms with van der Waals surface area (Å²) in [5.41, 5.74) is -0.0391. The maximum atomic E-state index is 9.86. The molecule has 0 radical (unpaired) electrons. The van der Waals surface area contributed by atoms with Crippen molar-refractivity contribution in [1.29, 1.82) is 0 Å². The second-order valence-corrected chi connectivity index (χ2v) is 4.73. The molecule has 0 spiro atoms. The van der Waals surface area contributed by atoms with Crippen LogP contribution in [0.25, 0.3) is 5.65 Å². The Labute approximate surface area is 104 Å². The van der Waals surface area contributed by atoms with Crippen LogP contribution in [0.1, 0.15) is 20.3 Å². The molecule has 6 heteroatoms. The molecule has 92 valence electrons. The quantitative estimate of drug-likeness (QED) is 0.876. The molecule has 2 aromatic heterocycles. The fraction of sp³-hybridized carbons (Fsp3) is 0.455. The van der Waals surface area contributed by atoms with Crippen LogP contribution < -0.4 is 5.32 Å². The number of halogens is 1. The van der Waals surface area contributed by atoms with Gasteiger partial charge >= 0.3 is 0 Å². The molecule has 5 nitrogen and oxygen atoms in total. The van der Waals surface area contributed by atoms with E-state index in [1.165, 1.54) is 0 Å². The molecule has 0 fully saturated rings. The van der Waals surface area contributed by atoms with Gasteiger partial charge in [0.1, 0.15) is 0 Å². The van der Waals surface area contributed by atoms with Crippen LogP contribution in [0.15, 0.2) is 18.3 Å². The van der Waals surface area contributed by atoms with Gasteiger partial charge in [0.15, 0.2) is 5.65 Å². The van der Waals surface area contributed by atoms with Gasteiger partial charge in [-0.05, 0) is 25.5 Å². The van der Waals surface area contributed by atoms with E-state index in [1.807, 2.05) is 6.92 Å². The first-order valence-electron chi connectivity index (χ1n) is 5.48. The fourth-order valence-corrected chi connectivity index (χ4v) is 1.48. The first-order chi connectivity index (χ1) is 8.00. The summed E-state index contributed by atoms with van der Waals surface area (Å²) >= 11 is 5.85. The normalized spacial score (nSPS) is 14.8. The summed E-state index contributed by atoms with van der Waals surface area (Å²) in [6.45, 7) is 4.11. The highest BCUT2D eigenvalue weighted by Crippen LogP contribution is 2.13. The Balaban J connectivity index is 2.15. The van der Waals surface area contributed by atoms with Gasteiger partial charge in [0.25, 0.3) is 0 Å². The third kappa shape index (κ3) is 2.87. The minimum absolute atomic E-state index is 0.411. The highest BCUT2D eigenvalue weighted by molar-refractivity contribution is 6.30. The lowest BCUT2D eigenvalue weighted by Gasteiger charge is -2.20. The van der Waals surface area contributed by atoms with Crippen molar-refractivity contribution in [2.75, 3.05) is 11.9 Å². The minimum Gasteiger partial charge on any atom is -0.388 e. The van der Waals surface area contributed by atoms with Crippen molar-refractivity contribution in [3.05, 3.63) is 23.4 Å². The van der Waals surface area contributed by atoms with Gasteiger partial charge in [0, 0.05) is 12.7 Å². The summed E-state index contributed by atoms with van der Waals surface area (Å²) in [7, 11) is 0. The van der Waals surface area contributed by atoms with Crippen LogP contribution in [0.3, 0.4) is 0 Å². The average Bonchev–Trinajstić information content (AvgIpc) is 2.68. The van der Waals surface area contributed by atoms with E-state index in [4.69, 9.17) is 11.6 Å². The van der Waals surface area contributed by atoms with Crippen molar-refractivity contribution >= 4 is 23.2 Å². The van der Waals surface area contributed by atoms with E-state index in [9.17, 15) is 5.11 Å². The topological polar surface area (TPSA) is 62.5 Å². The number of nitrogens with zero attached hydrogens (tertiary/aromatic N) is 3. The molecule has 2 N–H and O–H groups in total. The van der Waals surface area contributed by atoms with Crippen molar-refractivity contribution in [3.8, 4) is 0 Å². The zero-order valence-electron chi connectivity index (χ0n) is 9.81. The molecule has 0 bridgehead atoms. The Morgan fingerprint density at radius 1 is 1.53 bits per heavy atom. The molecule has 0 saturated carbocycles. The third-order valence-electron chi connectivity index (χ3n) is 2.68. The molecule has 2 heterocycles. The Bertz CT molecular complexity index is 523. The molecule has 17 heavy (non-hydrogen) atoms. The maximum Gasteiger partial charge on any atom is 0.243 e. The smallest absolute Gasteiger partial charge is 0.243 e. The van der Waals surface area contributed by atoms with Crippen LogP contribution >= 0.6 is 11.6 Å². The molecule has 0 aromatic carbocycles. The lowest BCUT2D eigenvalue weighted by molar-refractivity contribution is 0.0696. The Kier molecular flexibility index (Phi) is 3.22. The van der Waals surface area contributed by atoms with Gasteiger partial charge in [0.05, 0.1) is 10.6 Å². The highest BCUT2D eigenvalue weighted by Gasteiger charge is 2.17. The van der Waals surface area contributed by atoms with Crippen molar-refractivity contribution in [2.45, 2.75) is 25.9 Å². The molecule has 2 aromatic rings. The first kappa shape index (κ1) is 12.1. The largest absolute Gasteiger partial charge is 0.388 e. The van der Waals surface area contributed by atoms with Gasteiger partial charge < -0.3 is 10.4 Å². The third-order valence-corrected chi connectivity index (χ3v) is 2.91. The van der Waals surface area contributed by atoms with Crippen LogP contribution in [-0.4, -0.2) is 31.9 Å². The van der Waals surface area contributed by atoms with Crippen molar-refractivity contribution in [3.63, 3.8) is 0 Å². The number of pyridine rings is 1. The van der Waals surface area contributed by atoms with Gasteiger partial charge in [-0.3, -0.25) is 0 Å². The molecular formula is C11H15ClN4O. The molecular weight excluding hydrogens is 240 g/mol. The number of hydrogen-bond donors (Lipinski definition) is 2. The standard InChI is InChI=1S/C11H15ClN4O/c1-3-11(2,17)7-13-10-14-9-5-4-8(12)6-16(9)15-10/h4-6,17H,3,7H2,1-2H3,(H,13,15). The molecule has 0 amide bonds. The molecule has 0 aliphatic heterocycles. The maximum absolute atomic E-state index is 9.86. The summed E-state index contributed by atoms with van der Waals surface area (Å²) in [4.78, 5) is 4.26. The first-order valence-corrected chi connectivity index (χ1v) is 5.86. The number of anilines is 1. The SMILES string of the molecule is CCC(C)(O)CNc1nc2ccc(Cl)cn2n1.